The molecule has 4 heteroatoms. The van der Waals surface area contributed by atoms with Crippen LogP contribution in [0.2, 0.25) is 0 Å². The van der Waals surface area contributed by atoms with Gasteiger partial charge in [0.2, 0.25) is 0 Å². The van der Waals surface area contributed by atoms with Gasteiger partial charge in [0.1, 0.15) is 0 Å². The minimum atomic E-state index is -0.301. The summed E-state index contributed by atoms with van der Waals surface area (Å²) < 4.78 is 0. The predicted molar refractivity (Wildman–Crippen MR) is 57.4 cm³/mol. The summed E-state index contributed by atoms with van der Waals surface area (Å²) in [6.07, 6.45) is 1.83. The average Bonchev–Trinajstić information content (AvgIpc) is 2.65. The number of aliphatic hydroxyl groups is 1. The van der Waals surface area contributed by atoms with E-state index in [0.717, 1.165) is 36.5 Å². The lowest BCUT2D eigenvalue weighted by Crippen LogP contribution is -2.30. The van der Waals surface area contributed by atoms with E-state index in [0.29, 0.717) is 5.92 Å². The smallest absolute Gasteiger partial charge is 0.0929 e. The molecule has 0 aliphatic carbocycles. The van der Waals surface area contributed by atoms with Crippen molar-refractivity contribution in [3.63, 3.8) is 0 Å². The second kappa shape index (κ2) is 4.38. The lowest BCUT2D eigenvalue weighted by Gasteiger charge is -2.26. The van der Waals surface area contributed by atoms with E-state index in [4.69, 9.17) is 0 Å². The Morgan fingerprint density at radius 1 is 1.57 bits per heavy atom. The Hall–Kier alpha value is -0.450. The van der Waals surface area contributed by atoms with Crippen LogP contribution in [0.15, 0.2) is 5.51 Å². The zero-order valence-electron chi connectivity index (χ0n) is 8.36. The van der Waals surface area contributed by atoms with Crippen LogP contribution in [0.1, 0.15) is 29.5 Å². The lowest BCUT2D eigenvalue weighted by atomic mass is 9.91. The molecule has 1 saturated heterocycles. The quantitative estimate of drug-likeness (QED) is 0.780. The first-order chi connectivity index (χ1) is 6.79. The Bertz CT molecular complexity index is 294. The van der Waals surface area contributed by atoms with Crippen LogP contribution in [0, 0.1) is 12.8 Å². The Morgan fingerprint density at radius 2 is 2.29 bits per heavy atom. The highest BCUT2D eigenvalue weighted by Gasteiger charge is 2.25. The summed E-state index contributed by atoms with van der Waals surface area (Å²) in [4.78, 5) is 5.23. The van der Waals surface area contributed by atoms with Crippen molar-refractivity contribution < 1.29 is 5.11 Å². The topological polar surface area (TPSA) is 45.2 Å². The first-order valence-electron chi connectivity index (χ1n) is 5.08. The number of aryl methyl sites for hydroxylation is 1. The van der Waals surface area contributed by atoms with Gasteiger partial charge in [-0.2, -0.15) is 0 Å². The van der Waals surface area contributed by atoms with Crippen molar-refractivity contribution in [1.82, 2.24) is 10.3 Å². The van der Waals surface area contributed by atoms with E-state index >= 15 is 0 Å². The van der Waals surface area contributed by atoms with Crippen LogP contribution in [-0.4, -0.2) is 23.2 Å². The van der Waals surface area contributed by atoms with Crippen LogP contribution < -0.4 is 5.32 Å². The number of hydrogen-bond donors (Lipinski definition) is 2. The van der Waals surface area contributed by atoms with Crippen LogP contribution >= 0.6 is 11.3 Å². The fourth-order valence-corrected chi connectivity index (χ4v) is 2.85. The van der Waals surface area contributed by atoms with Gasteiger partial charge in [-0.05, 0) is 38.8 Å². The van der Waals surface area contributed by atoms with Crippen molar-refractivity contribution in [3.8, 4) is 0 Å². The van der Waals surface area contributed by atoms with Crippen molar-refractivity contribution in [2.24, 2.45) is 5.92 Å². The molecule has 1 atom stereocenters. The summed E-state index contributed by atoms with van der Waals surface area (Å²) in [5, 5.41) is 13.5. The molecule has 1 aliphatic rings. The Kier molecular flexibility index (Phi) is 3.15. The number of thiazole rings is 1. The molecular formula is C10H16N2OS. The van der Waals surface area contributed by atoms with E-state index in [2.05, 4.69) is 10.3 Å². The predicted octanol–water partition coefficient (Wildman–Crippen LogP) is 1.48. The molecule has 1 unspecified atom stereocenters. The first kappa shape index (κ1) is 10.1. The second-order valence-electron chi connectivity index (χ2n) is 3.83. The van der Waals surface area contributed by atoms with Crippen LogP contribution in [0.4, 0.5) is 0 Å². The van der Waals surface area contributed by atoms with Gasteiger partial charge < -0.3 is 10.4 Å². The number of nitrogens with one attached hydrogen (secondary N) is 1. The Morgan fingerprint density at radius 3 is 2.86 bits per heavy atom. The molecule has 0 aromatic carbocycles. The molecule has 0 amide bonds. The van der Waals surface area contributed by atoms with Gasteiger partial charge in [-0.1, -0.05) is 0 Å². The zero-order chi connectivity index (χ0) is 9.97. The summed E-state index contributed by atoms with van der Waals surface area (Å²) in [5.74, 6) is 0.412. The molecule has 1 aromatic heterocycles. The molecule has 0 saturated carbocycles. The fraction of sp³-hybridized carbons (Fsp3) is 0.700. The number of nitrogens with zero attached hydrogens (tertiary/aromatic N) is 1. The number of hydrogen-bond acceptors (Lipinski definition) is 4. The summed E-state index contributed by atoms with van der Waals surface area (Å²) in [7, 11) is 0. The Labute approximate surface area is 88.2 Å². The molecular weight excluding hydrogens is 196 g/mol. The van der Waals surface area contributed by atoms with Crippen LogP contribution in [0.25, 0.3) is 0 Å². The minimum absolute atomic E-state index is 0.301. The summed E-state index contributed by atoms with van der Waals surface area (Å²) in [6, 6.07) is 0. The SMILES string of the molecule is Cc1ncsc1C(O)C1CCNCC1. The van der Waals surface area contributed by atoms with Gasteiger partial charge in [0, 0.05) is 0 Å². The Balaban J connectivity index is 2.07. The van der Waals surface area contributed by atoms with Crippen LogP contribution in [0.5, 0.6) is 0 Å². The van der Waals surface area contributed by atoms with Gasteiger partial charge in [0.25, 0.3) is 0 Å². The largest absolute Gasteiger partial charge is 0.387 e. The van der Waals surface area contributed by atoms with Gasteiger partial charge >= 0.3 is 0 Å². The maximum absolute atomic E-state index is 10.2. The highest BCUT2D eigenvalue weighted by atomic mass is 32.1. The molecule has 14 heavy (non-hydrogen) atoms. The molecule has 0 bridgehead atoms. The zero-order valence-corrected chi connectivity index (χ0v) is 9.18. The third-order valence-electron chi connectivity index (χ3n) is 2.88. The molecule has 2 rings (SSSR count). The first-order valence-corrected chi connectivity index (χ1v) is 5.96. The number of rotatable bonds is 2. The van der Waals surface area contributed by atoms with E-state index < -0.39 is 0 Å². The molecule has 3 nitrogen and oxygen atoms in total. The fourth-order valence-electron chi connectivity index (χ4n) is 1.97. The van der Waals surface area contributed by atoms with Crippen molar-refractivity contribution in [2.75, 3.05) is 13.1 Å². The van der Waals surface area contributed by atoms with E-state index in [1.807, 2.05) is 12.4 Å². The third-order valence-corrected chi connectivity index (χ3v) is 3.88. The van der Waals surface area contributed by atoms with E-state index in [1.54, 1.807) is 11.3 Å². The van der Waals surface area contributed by atoms with Gasteiger partial charge in [0.05, 0.1) is 22.2 Å². The van der Waals surface area contributed by atoms with E-state index in [1.165, 1.54) is 0 Å². The molecule has 1 aliphatic heterocycles. The molecule has 0 spiro atoms. The van der Waals surface area contributed by atoms with Crippen molar-refractivity contribution in [1.29, 1.82) is 0 Å². The molecule has 2 N–H and O–H groups in total. The van der Waals surface area contributed by atoms with Gasteiger partial charge in [-0.25, -0.2) is 4.98 Å². The number of aliphatic hydroxyl groups excluding tert-OH is 1. The molecule has 1 aromatic rings. The lowest BCUT2D eigenvalue weighted by molar-refractivity contribution is 0.0913. The van der Waals surface area contributed by atoms with Crippen molar-refractivity contribution in [3.05, 3.63) is 16.1 Å². The van der Waals surface area contributed by atoms with E-state index in [9.17, 15) is 5.11 Å². The molecule has 0 radical (unpaired) electrons. The number of aromatic nitrogens is 1. The average molecular weight is 212 g/mol. The minimum Gasteiger partial charge on any atom is -0.387 e. The summed E-state index contributed by atoms with van der Waals surface area (Å²) in [6.45, 7) is 4.02. The van der Waals surface area contributed by atoms with Crippen LogP contribution in [0.3, 0.4) is 0 Å². The van der Waals surface area contributed by atoms with Gasteiger partial charge in [-0.3, -0.25) is 0 Å². The number of piperidine rings is 1. The third kappa shape index (κ3) is 1.97. The highest BCUT2D eigenvalue weighted by molar-refractivity contribution is 7.09. The maximum atomic E-state index is 10.2. The molecule has 2 heterocycles. The summed E-state index contributed by atoms with van der Waals surface area (Å²) >= 11 is 1.57. The summed E-state index contributed by atoms with van der Waals surface area (Å²) in [5.41, 5.74) is 2.80. The molecule has 78 valence electrons. The van der Waals surface area contributed by atoms with Crippen molar-refractivity contribution in [2.45, 2.75) is 25.9 Å². The van der Waals surface area contributed by atoms with Gasteiger partial charge in [-0.15, -0.1) is 11.3 Å². The standard InChI is InChI=1S/C10H16N2OS/c1-7-10(14-6-12-7)9(13)8-2-4-11-5-3-8/h6,8-9,11,13H,2-5H2,1H3. The maximum Gasteiger partial charge on any atom is 0.0929 e. The monoisotopic (exact) mass is 212 g/mol. The normalized spacial score (nSPS) is 21.0. The molecule has 1 fully saturated rings. The van der Waals surface area contributed by atoms with Crippen LogP contribution in [-0.2, 0) is 0 Å². The van der Waals surface area contributed by atoms with E-state index in [-0.39, 0.29) is 6.10 Å². The second-order valence-corrected chi connectivity index (χ2v) is 4.72. The highest BCUT2D eigenvalue weighted by Crippen LogP contribution is 2.32. The van der Waals surface area contributed by atoms with Gasteiger partial charge in [0.15, 0.2) is 0 Å². The van der Waals surface area contributed by atoms with Crippen molar-refractivity contribution >= 4 is 11.3 Å².